The first-order valence-electron chi connectivity index (χ1n) is 19.9. The van der Waals surface area contributed by atoms with Crippen LogP contribution in [0.2, 0.25) is 10.0 Å². The third-order valence-corrected chi connectivity index (χ3v) is 11.9. The second kappa shape index (κ2) is 22.0. The van der Waals surface area contributed by atoms with Gasteiger partial charge in [-0.2, -0.15) is 11.8 Å². The maximum Gasteiger partial charge on any atom is 0.335 e. The molecule has 1 heterocycles. The fourth-order valence-electron chi connectivity index (χ4n) is 7.28. The number of carboxylic acids is 2. The number of carbonyl (C=O) groups excluding carboxylic acids is 2. The van der Waals surface area contributed by atoms with E-state index in [9.17, 15) is 29.4 Å². The highest BCUT2D eigenvalue weighted by atomic mass is 35.5. The van der Waals surface area contributed by atoms with Gasteiger partial charge in [0.15, 0.2) is 0 Å². The smallest absolute Gasteiger partial charge is 0.335 e. The number of nitrogens with one attached hydrogen (secondary N) is 2. The molecule has 1 fully saturated rings. The summed E-state index contributed by atoms with van der Waals surface area (Å²) >= 11 is 14.5. The van der Waals surface area contributed by atoms with Gasteiger partial charge in [0.05, 0.1) is 22.3 Å². The van der Waals surface area contributed by atoms with Crippen molar-refractivity contribution in [3.05, 3.63) is 99.9 Å². The van der Waals surface area contributed by atoms with E-state index in [1.165, 1.54) is 23.9 Å². The lowest BCUT2D eigenvalue weighted by atomic mass is 9.80. The third-order valence-electron chi connectivity index (χ3n) is 10.7. The summed E-state index contributed by atoms with van der Waals surface area (Å²) in [4.78, 5) is 54.6. The largest absolute Gasteiger partial charge is 0.480 e. The highest BCUT2D eigenvalue weighted by molar-refractivity contribution is 7.98. The molecule has 0 spiro atoms. The van der Waals surface area contributed by atoms with Gasteiger partial charge in [0.1, 0.15) is 23.4 Å². The molecule has 0 aliphatic heterocycles. The normalized spacial score (nSPS) is 16.3. The van der Waals surface area contributed by atoms with Crippen molar-refractivity contribution < 1.29 is 34.1 Å². The molecule has 1 saturated carbocycles. The van der Waals surface area contributed by atoms with Gasteiger partial charge >= 0.3 is 11.9 Å². The van der Waals surface area contributed by atoms with E-state index in [1.54, 1.807) is 24.3 Å². The number of nitrogens with zero attached hydrogens (tertiary/aromatic N) is 2. The van der Waals surface area contributed by atoms with Crippen molar-refractivity contribution >= 4 is 58.7 Å². The summed E-state index contributed by atoms with van der Waals surface area (Å²) in [6, 6.07) is 17.6. The van der Waals surface area contributed by atoms with E-state index >= 15 is 0 Å². The first-order chi connectivity index (χ1) is 27.9. The van der Waals surface area contributed by atoms with E-state index in [-0.39, 0.29) is 29.7 Å². The number of carbonyl (C=O) groups is 4. The predicted molar refractivity (Wildman–Crippen MR) is 229 cm³/mol. The molecule has 2 atom stereocenters. The van der Waals surface area contributed by atoms with E-state index in [0.717, 1.165) is 37.7 Å². The second-order valence-electron chi connectivity index (χ2n) is 14.8. The lowest BCUT2D eigenvalue weighted by Crippen LogP contribution is -2.41. The number of imidazole rings is 1. The van der Waals surface area contributed by atoms with Crippen molar-refractivity contribution in [3.8, 4) is 22.8 Å². The minimum Gasteiger partial charge on any atom is -0.480 e. The van der Waals surface area contributed by atoms with Crippen LogP contribution in [0.15, 0.2) is 72.9 Å². The van der Waals surface area contributed by atoms with Gasteiger partial charge in [-0.1, -0.05) is 55.1 Å². The molecule has 58 heavy (non-hydrogen) atoms. The van der Waals surface area contributed by atoms with Crippen LogP contribution in [0, 0.1) is 11.8 Å². The zero-order valence-corrected chi connectivity index (χ0v) is 35.3. The van der Waals surface area contributed by atoms with Crippen molar-refractivity contribution in [3.63, 3.8) is 0 Å². The predicted octanol–water partition coefficient (Wildman–Crippen LogP) is 9.85. The van der Waals surface area contributed by atoms with Crippen LogP contribution in [0.3, 0.4) is 0 Å². The van der Waals surface area contributed by atoms with E-state index in [0.29, 0.717) is 88.9 Å². The highest BCUT2D eigenvalue weighted by Crippen LogP contribution is 2.34. The Morgan fingerprint density at radius 1 is 0.914 bits per heavy atom. The number of ether oxygens (including phenoxy) is 1. The molecule has 3 aromatic carbocycles. The number of thioether (sulfide) groups is 1. The Morgan fingerprint density at radius 3 is 2.22 bits per heavy atom. The molecule has 1 aromatic heterocycles. The van der Waals surface area contributed by atoms with Gasteiger partial charge in [0, 0.05) is 35.7 Å². The van der Waals surface area contributed by atoms with Gasteiger partial charge < -0.3 is 30.2 Å². The van der Waals surface area contributed by atoms with E-state index in [4.69, 9.17) is 32.9 Å². The Morgan fingerprint density at radius 2 is 1.60 bits per heavy atom. The Hall–Kier alpha value is -4.52. The standard InChI is InChI=1S/C44H52Cl2N4O7S/c1-3-28-8-12-30(13-9-28)42(52)49-38(25-29-10-17-33(18-11-29)57-34-19-14-31(15-20-34)43(53)54)41-48-39(35-21-16-32(45)26-36(35)46)27-50(41)23-6-4-5-7-40(51)47-37(44(55)56)22-24-58-2/h10-11,14-21,26-28,30,37-38H,3-9,12-13,22-25H2,1-2H3,(H,47,51)(H,49,52)(H,53,54)(H,55,56)/t28-,30-,37-,38-/m0/s1. The molecule has 14 heteroatoms. The number of benzene rings is 3. The maximum atomic E-state index is 14.0. The summed E-state index contributed by atoms with van der Waals surface area (Å²) in [6.45, 7) is 2.76. The zero-order valence-electron chi connectivity index (χ0n) is 32.9. The van der Waals surface area contributed by atoms with Crippen molar-refractivity contribution in [1.82, 2.24) is 20.2 Å². The Bertz CT molecular complexity index is 2000. The molecule has 1 aliphatic carbocycles. The minimum absolute atomic E-state index is 0.00754. The van der Waals surface area contributed by atoms with E-state index < -0.39 is 24.0 Å². The van der Waals surface area contributed by atoms with Gasteiger partial charge in [0.25, 0.3) is 0 Å². The molecule has 1 aliphatic rings. The zero-order chi connectivity index (χ0) is 41.6. The maximum absolute atomic E-state index is 14.0. The monoisotopic (exact) mass is 850 g/mol. The number of rotatable bonds is 21. The number of aromatic nitrogens is 2. The van der Waals surface area contributed by atoms with Crippen LogP contribution in [0.1, 0.15) is 98.9 Å². The van der Waals surface area contributed by atoms with Crippen LogP contribution in [0.5, 0.6) is 11.5 Å². The number of carboxylic acid groups (broad SMARTS) is 2. The quantitative estimate of drug-likeness (QED) is 0.0599. The van der Waals surface area contributed by atoms with Crippen molar-refractivity contribution in [2.24, 2.45) is 11.8 Å². The lowest BCUT2D eigenvalue weighted by Gasteiger charge is -2.29. The Kier molecular flexibility index (Phi) is 16.9. The molecule has 5 rings (SSSR count). The summed E-state index contributed by atoms with van der Waals surface area (Å²) < 4.78 is 8.04. The highest BCUT2D eigenvalue weighted by Gasteiger charge is 2.30. The number of aliphatic carboxylic acids is 1. The molecule has 0 saturated heterocycles. The van der Waals surface area contributed by atoms with Crippen molar-refractivity contribution in [1.29, 1.82) is 0 Å². The topological polar surface area (TPSA) is 160 Å². The molecule has 4 N–H and O–H groups in total. The molecule has 11 nitrogen and oxygen atoms in total. The van der Waals surface area contributed by atoms with Crippen LogP contribution in [0.4, 0.5) is 0 Å². The van der Waals surface area contributed by atoms with Gasteiger partial charge in [-0.15, -0.1) is 0 Å². The lowest BCUT2D eigenvalue weighted by molar-refractivity contribution is -0.141. The molecule has 310 valence electrons. The van der Waals surface area contributed by atoms with Gasteiger partial charge in [-0.05, 0) is 129 Å². The molecular formula is C44H52Cl2N4O7S. The van der Waals surface area contributed by atoms with Gasteiger partial charge in [0.2, 0.25) is 11.8 Å². The summed E-state index contributed by atoms with van der Waals surface area (Å²) in [5, 5.41) is 25.7. The number of unbranched alkanes of at least 4 members (excludes halogenated alkanes) is 2. The molecule has 4 aromatic rings. The fraction of sp³-hybridized carbons (Fsp3) is 0.432. The number of halogens is 2. The summed E-state index contributed by atoms with van der Waals surface area (Å²) in [7, 11) is 0. The van der Waals surface area contributed by atoms with Crippen LogP contribution < -0.4 is 15.4 Å². The van der Waals surface area contributed by atoms with E-state index in [1.807, 2.05) is 42.8 Å². The van der Waals surface area contributed by atoms with Crippen LogP contribution in [0.25, 0.3) is 11.3 Å². The minimum atomic E-state index is -1.03. The van der Waals surface area contributed by atoms with E-state index in [2.05, 4.69) is 22.1 Å². The summed E-state index contributed by atoms with van der Waals surface area (Å²) in [6.07, 6.45) is 11.7. The second-order valence-corrected chi connectivity index (χ2v) is 16.6. The van der Waals surface area contributed by atoms with Gasteiger partial charge in [-0.25, -0.2) is 14.6 Å². The molecule has 0 unspecified atom stereocenters. The first-order valence-corrected chi connectivity index (χ1v) is 22.0. The van der Waals surface area contributed by atoms with Crippen molar-refractivity contribution in [2.45, 2.75) is 96.2 Å². The van der Waals surface area contributed by atoms with Crippen molar-refractivity contribution in [2.75, 3.05) is 12.0 Å². The fourth-order valence-corrected chi connectivity index (χ4v) is 8.26. The van der Waals surface area contributed by atoms with Gasteiger partial charge in [-0.3, -0.25) is 9.59 Å². The Labute approximate surface area is 354 Å². The average molecular weight is 852 g/mol. The van der Waals surface area contributed by atoms with Crippen LogP contribution in [-0.2, 0) is 27.3 Å². The number of aryl methyl sites for hydroxylation is 1. The summed E-state index contributed by atoms with van der Waals surface area (Å²) in [5.74, 6) is 0.641. The third kappa shape index (κ3) is 13.0. The molecule has 0 radical (unpaired) electrons. The Balaban J connectivity index is 1.36. The molecule has 2 amide bonds. The van der Waals surface area contributed by atoms with Crippen LogP contribution in [-0.4, -0.2) is 61.6 Å². The summed E-state index contributed by atoms with van der Waals surface area (Å²) in [5.41, 5.74) is 2.46. The molecular weight excluding hydrogens is 799 g/mol. The molecule has 0 bridgehead atoms. The number of hydrogen-bond acceptors (Lipinski definition) is 7. The average Bonchev–Trinajstić information content (AvgIpc) is 3.63. The number of hydrogen-bond donors (Lipinski definition) is 4. The SMILES string of the molecule is CC[C@H]1CC[C@H](C(=O)N[C@@H](Cc2ccc(Oc3ccc(C(=O)O)cc3)cc2)c2nc(-c3ccc(Cl)cc3Cl)cn2CCCCCC(=O)N[C@@H](CCSC)C(=O)O)CC1. The van der Waals surface area contributed by atoms with Crippen LogP contribution >= 0.6 is 35.0 Å². The number of amides is 2. The number of aromatic carboxylic acids is 1. The first kappa shape index (κ1) is 44.6.